The predicted molar refractivity (Wildman–Crippen MR) is 85.4 cm³/mol. The van der Waals surface area contributed by atoms with Crippen molar-refractivity contribution in [3.8, 4) is 0 Å². The van der Waals surface area contributed by atoms with Gasteiger partial charge >= 0.3 is 0 Å². The number of nitrogen functional groups attached to an aromatic ring is 1. The highest BCUT2D eigenvalue weighted by atomic mass is 16.1. The summed E-state index contributed by atoms with van der Waals surface area (Å²) in [6.07, 6.45) is 0.287. The monoisotopic (exact) mass is 276 g/mol. The number of anilines is 1. The van der Waals surface area contributed by atoms with Crippen molar-refractivity contribution in [1.29, 1.82) is 0 Å². The SMILES string of the molecule is Cc1c(N)cccc1C(=O)Cc1ccc2ccccc2n1. The van der Waals surface area contributed by atoms with E-state index in [9.17, 15) is 4.79 Å². The first-order chi connectivity index (χ1) is 10.1. The molecule has 3 rings (SSSR count). The lowest BCUT2D eigenvalue weighted by Gasteiger charge is -2.07. The summed E-state index contributed by atoms with van der Waals surface area (Å²) in [5, 5.41) is 1.08. The van der Waals surface area contributed by atoms with E-state index in [4.69, 9.17) is 5.73 Å². The molecular formula is C18H16N2O. The molecule has 2 N–H and O–H groups in total. The van der Waals surface area contributed by atoms with E-state index in [-0.39, 0.29) is 12.2 Å². The minimum Gasteiger partial charge on any atom is -0.398 e. The van der Waals surface area contributed by atoms with Gasteiger partial charge in [-0.3, -0.25) is 9.78 Å². The van der Waals surface area contributed by atoms with E-state index >= 15 is 0 Å². The summed E-state index contributed by atoms with van der Waals surface area (Å²) in [6, 6.07) is 17.2. The Morgan fingerprint density at radius 1 is 1.05 bits per heavy atom. The Labute approximate surface area is 123 Å². The van der Waals surface area contributed by atoms with Crippen LogP contribution in [-0.2, 0) is 6.42 Å². The second-order valence-corrected chi connectivity index (χ2v) is 5.12. The van der Waals surface area contributed by atoms with Crippen LogP contribution in [0, 0.1) is 6.92 Å². The van der Waals surface area contributed by atoms with Crippen molar-refractivity contribution in [2.75, 3.05) is 5.73 Å². The number of nitrogens with zero attached hydrogens (tertiary/aromatic N) is 1. The van der Waals surface area contributed by atoms with Gasteiger partial charge < -0.3 is 5.73 Å². The number of hydrogen-bond acceptors (Lipinski definition) is 3. The van der Waals surface area contributed by atoms with Gasteiger partial charge in [-0.25, -0.2) is 0 Å². The first-order valence-corrected chi connectivity index (χ1v) is 6.88. The van der Waals surface area contributed by atoms with Crippen molar-refractivity contribution in [3.05, 3.63) is 71.4 Å². The molecule has 1 heterocycles. The number of pyridine rings is 1. The summed E-state index contributed by atoms with van der Waals surface area (Å²) in [5.41, 5.74) is 9.70. The molecule has 0 saturated heterocycles. The minimum absolute atomic E-state index is 0.0441. The molecule has 1 aromatic heterocycles. The summed E-state index contributed by atoms with van der Waals surface area (Å²) in [4.78, 5) is 17.0. The van der Waals surface area contributed by atoms with Crippen LogP contribution in [0.5, 0.6) is 0 Å². The second-order valence-electron chi connectivity index (χ2n) is 5.12. The molecule has 0 spiro atoms. The van der Waals surface area contributed by atoms with Crippen LogP contribution in [0.3, 0.4) is 0 Å². The van der Waals surface area contributed by atoms with E-state index in [0.29, 0.717) is 11.3 Å². The van der Waals surface area contributed by atoms with Crippen LogP contribution < -0.4 is 5.73 Å². The molecule has 21 heavy (non-hydrogen) atoms. The number of carbonyl (C=O) groups is 1. The molecule has 0 amide bonds. The second kappa shape index (κ2) is 5.37. The van der Waals surface area contributed by atoms with Crippen molar-refractivity contribution >= 4 is 22.4 Å². The maximum atomic E-state index is 12.4. The van der Waals surface area contributed by atoms with E-state index in [2.05, 4.69) is 4.98 Å². The van der Waals surface area contributed by atoms with E-state index in [0.717, 1.165) is 22.2 Å². The van der Waals surface area contributed by atoms with Crippen LogP contribution in [0.15, 0.2) is 54.6 Å². The predicted octanol–water partition coefficient (Wildman–Crippen LogP) is 3.55. The Kier molecular flexibility index (Phi) is 3.40. The van der Waals surface area contributed by atoms with E-state index < -0.39 is 0 Å². The summed E-state index contributed by atoms with van der Waals surface area (Å²) in [6.45, 7) is 1.87. The summed E-state index contributed by atoms with van der Waals surface area (Å²) in [5.74, 6) is 0.0441. The number of benzene rings is 2. The Hall–Kier alpha value is -2.68. The van der Waals surface area contributed by atoms with Crippen molar-refractivity contribution in [2.24, 2.45) is 0 Å². The lowest BCUT2D eigenvalue weighted by molar-refractivity contribution is 0.0991. The third-order valence-corrected chi connectivity index (χ3v) is 3.67. The maximum absolute atomic E-state index is 12.4. The average molecular weight is 276 g/mol. The zero-order chi connectivity index (χ0) is 14.8. The summed E-state index contributed by atoms with van der Waals surface area (Å²) < 4.78 is 0. The highest BCUT2D eigenvalue weighted by molar-refractivity contribution is 5.99. The first kappa shape index (κ1) is 13.3. The number of Topliss-reactive ketones (excluding diaryl/α,β-unsaturated/α-hetero) is 1. The topological polar surface area (TPSA) is 56.0 Å². The molecule has 0 radical (unpaired) electrons. The maximum Gasteiger partial charge on any atom is 0.169 e. The summed E-state index contributed by atoms with van der Waals surface area (Å²) >= 11 is 0. The fraction of sp³-hybridized carbons (Fsp3) is 0.111. The van der Waals surface area contributed by atoms with Gasteiger partial charge in [0.1, 0.15) is 0 Å². The Morgan fingerprint density at radius 2 is 1.86 bits per heavy atom. The lowest BCUT2D eigenvalue weighted by atomic mass is 10.00. The molecular weight excluding hydrogens is 260 g/mol. The number of hydrogen-bond donors (Lipinski definition) is 1. The molecule has 0 unspecified atom stereocenters. The van der Waals surface area contributed by atoms with E-state index in [1.807, 2.05) is 55.5 Å². The molecule has 0 aliphatic rings. The molecule has 0 bridgehead atoms. The normalized spacial score (nSPS) is 10.7. The van der Waals surface area contributed by atoms with Gasteiger partial charge in [-0.05, 0) is 30.7 Å². The van der Waals surface area contributed by atoms with E-state index in [1.165, 1.54) is 0 Å². The van der Waals surface area contributed by atoms with Gasteiger partial charge in [0.05, 0.1) is 11.9 Å². The number of rotatable bonds is 3. The highest BCUT2D eigenvalue weighted by Gasteiger charge is 2.12. The number of nitrogens with two attached hydrogens (primary N) is 1. The Balaban J connectivity index is 1.91. The number of fused-ring (bicyclic) bond motifs is 1. The number of carbonyl (C=O) groups excluding carboxylic acids is 1. The fourth-order valence-electron chi connectivity index (χ4n) is 2.42. The largest absolute Gasteiger partial charge is 0.398 e. The van der Waals surface area contributed by atoms with Crippen molar-refractivity contribution in [2.45, 2.75) is 13.3 Å². The molecule has 0 fully saturated rings. The minimum atomic E-state index is 0.0441. The number of ketones is 1. The Morgan fingerprint density at radius 3 is 2.71 bits per heavy atom. The Bertz CT molecular complexity index is 824. The van der Waals surface area contributed by atoms with Crippen molar-refractivity contribution < 1.29 is 4.79 Å². The molecule has 0 aliphatic heterocycles. The fourth-order valence-corrected chi connectivity index (χ4v) is 2.42. The molecule has 0 aliphatic carbocycles. The number of aromatic nitrogens is 1. The molecule has 0 saturated carbocycles. The molecule has 3 nitrogen and oxygen atoms in total. The number of para-hydroxylation sites is 1. The van der Waals surface area contributed by atoms with Gasteiger partial charge in [0.15, 0.2) is 5.78 Å². The molecule has 0 atom stereocenters. The lowest BCUT2D eigenvalue weighted by Crippen LogP contribution is -2.08. The third-order valence-electron chi connectivity index (χ3n) is 3.67. The van der Waals surface area contributed by atoms with Crippen molar-refractivity contribution in [3.63, 3.8) is 0 Å². The van der Waals surface area contributed by atoms with Gasteiger partial charge in [0, 0.05) is 22.3 Å². The van der Waals surface area contributed by atoms with Crippen LogP contribution in [0.4, 0.5) is 5.69 Å². The quantitative estimate of drug-likeness (QED) is 0.588. The van der Waals surface area contributed by atoms with Crippen LogP contribution in [-0.4, -0.2) is 10.8 Å². The summed E-state index contributed by atoms with van der Waals surface area (Å²) in [7, 11) is 0. The van der Waals surface area contributed by atoms with Crippen LogP contribution in [0.25, 0.3) is 10.9 Å². The smallest absolute Gasteiger partial charge is 0.169 e. The van der Waals surface area contributed by atoms with Gasteiger partial charge in [0.2, 0.25) is 0 Å². The molecule has 104 valence electrons. The van der Waals surface area contributed by atoms with Gasteiger partial charge in [-0.2, -0.15) is 0 Å². The molecule has 2 aromatic carbocycles. The van der Waals surface area contributed by atoms with Gasteiger partial charge in [0.25, 0.3) is 0 Å². The van der Waals surface area contributed by atoms with Gasteiger partial charge in [-0.1, -0.05) is 36.4 Å². The first-order valence-electron chi connectivity index (χ1n) is 6.88. The van der Waals surface area contributed by atoms with Crippen molar-refractivity contribution in [1.82, 2.24) is 4.98 Å². The molecule has 3 heteroatoms. The standard InChI is InChI=1S/C18H16N2O/c1-12-15(6-4-7-16(12)19)18(21)11-14-10-9-13-5-2-3-8-17(13)20-14/h2-10H,11,19H2,1H3. The third kappa shape index (κ3) is 2.63. The molecule has 3 aromatic rings. The zero-order valence-electron chi connectivity index (χ0n) is 11.8. The van der Waals surface area contributed by atoms with Crippen LogP contribution >= 0.6 is 0 Å². The average Bonchev–Trinajstić information content (AvgIpc) is 2.50. The van der Waals surface area contributed by atoms with E-state index in [1.54, 1.807) is 6.07 Å². The van der Waals surface area contributed by atoms with Gasteiger partial charge in [-0.15, -0.1) is 0 Å². The van der Waals surface area contributed by atoms with Crippen LogP contribution in [0.1, 0.15) is 21.6 Å². The zero-order valence-corrected chi connectivity index (χ0v) is 11.8. The van der Waals surface area contributed by atoms with Crippen LogP contribution in [0.2, 0.25) is 0 Å². The highest BCUT2D eigenvalue weighted by Crippen LogP contribution is 2.18.